The number of hydrogen-bond acceptors (Lipinski definition) is 3. The molecule has 0 aliphatic carbocycles. The van der Waals surface area contributed by atoms with Crippen molar-refractivity contribution in [3.05, 3.63) is 23.8 Å². The van der Waals surface area contributed by atoms with Crippen molar-refractivity contribution in [2.45, 2.75) is 19.4 Å². The van der Waals surface area contributed by atoms with Crippen LogP contribution in [0.4, 0.5) is 5.69 Å². The predicted molar refractivity (Wildman–Crippen MR) is 65.1 cm³/mol. The maximum Gasteiger partial charge on any atom is 0.125 e. The molecule has 0 aromatic heterocycles. The number of rotatable bonds is 1. The highest BCUT2D eigenvalue weighted by atomic mass is 16.5. The average Bonchev–Trinajstić information content (AvgIpc) is 2.74. The smallest absolute Gasteiger partial charge is 0.125 e. The van der Waals surface area contributed by atoms with Crippen molar-refractivity contribution >= 4 is 5.69 Å². The lowest BCUT2D eigenvalue weighted by molar-refractivity contribution is 0.326. The third-order valence-electron chi connectivity index (χ3n) is 3.37. The van der Waals surface area contributed by atoms with Gasteiger partial charge in [-0.2, -0.15) is 0 Å². The molecule has 0 atom stereocenters. The first-order chi connectivity index (χ1) is 7.93. The second-order valence-corrected chi connectivity index (χ2v) is 4.51. The topological polar surface area (TPSA) is 24.5 Å². The van der Waals surface area contributed by atoms with E-state index in [-0.39, 0.29) is 0 Å². The van der Waals surface area contributed by atoms with Gasteiger partial charge < -0.3 is 15.0 Å². The van der Waals surface area contributed by atoms with E-state index in [0.717, 1.165) is 25.4 Å². The van der Waals surface area contributed by atoms with E-state index < -0.39 is 0 Å². The van der Waals surface area contributed by atoms with E-state index in [1.165, 1.54) is 37.2 Å². The molecule has 0 amide bonds. The number of fused-ring (bicyclic) bond motifs is 1. The molecule has 0 bridgehead atoms. The molecule has 3 nitrogen and oxygen atoms in total. The Morgan fingerprint density at radius 2 is 2.06 bits per heavy atom. The van der Waals surface area contributed by atoms with E-state index in [1.54, 1.807) is 0 Å². The van der Waals surface area contributed by atoms with Crippen molar-refractivity contribution in [1.82, 2.24) is 5.32 Å². The van der Waals surface area contributed by atoms with Crippen LogP contribution in [0.15, 0.2) is 18.2 Å². The fourth-order valence-electron chi connectivity index (χ4n) is 2.45. The van der Waals surface area contributed by atoms with Crippen LogP contribution in [0.3, 0.4) is 0 Å². The molecule has 1 aromatic carbocycles. The van der Waals surface area contributed by atoms with Gasteiger partial charge in [0.15, 0.2) is 0 Å². The van der Waals surface area contributed by atoms with E-state index >= 15 is 0 Å². The fraction of sp³-hybridized carbons (Fsp3) is 0.538. The first-order valence-electron chi connectivity index (χ1n) is 6.15. The number of nitrogens with zero attached hydrogens (tertiary/aromatic N) is 1. The van der Waals surface area contributed by atoms with E-state index in [0.29, 0.717) is 0 Å². The van der Waals surface area contributed by atoms with Crippen molar-refractivity contribution in [2.24, 2.45) is 0 Å². The highest BCUT2D eigenvalue weighted by Gasteiger charge is 2.15. The Hall–Kier alpha value is -1.22. The van der Waals surface area contributed by atoms with Gasteiger partial charge in [0.2, 0.25) is 0 Å². The summed E-state index contributed by atoms with van der Waals surface area (Å²) in [6.07, 6.45) is 2.64. The van der Waals surface area contributed by atoms with Gasteiger partial charge in [-0.05, 0) is 18.9 Å². The van der Waals surface area contributed by atoms with Gasteiger partial charge in [0.05, 0.1) is 0 Å². The van der Waals surface area contributed by atoms with Gasteiger partial charge in [-0.15, -0.1) is 0 Å². The van der Waals surface area contributed by atoms with Gasteiger partial charge >= 0.3 is 0 Å². The van der Waals surface area contributed by atoms with Crippen LogP contribution in [0.5, 0.6) is 5.75 Å². The summed E-state index contributed by atoms with van der Waals surface area (Å²) in [4.78, 5) is 2.45. The summed E-state index contributed by atoms with van der Waals surface area (Å²) in [5, 5.41) is 3.35. The molecule has 0 spiro atoms. The normalized spacial score (nSPS) is 20.1. The van der Waals surface area contributed by atoms with Crippen molar-refractivity contribution in [3.63, 3.8) is 0 Å². The minimum atomic E-state index is 0.774. The lowest BCUT2D eigenvalue weighted by atomic mass is 10.1. The van der Waals surface area contributed by atoms with Gasteiger partial charge in [0.25, 0.3) is 0 Å². The molecule has 3 rings (SSSR count). The number of anilines is 1. The van der Waals surface area contributed by atoms with Gasteiger partial charge in [0, 0.05) is 43.5 Å². The van der Waals surface area contributed by atoms with Gasteiger partial charge in [0.1, 0.15) is 12.4 Å². The minimum absolute atomic E-state index is 0.774. The highest BCUT2D eigenvalue weighted by Crippen LogP contribution is 2.28. The quantitative estimate of drug-likeness (QED) is 0.777. The molecule has 0 unspecified atom stereocenters. The van der Waals surface area contributed by atoms with Crippen LogP contribution in [0.2, 0.25) is 0 Å². The number of nitrogens with one attached hydrogen (secondary N) is 1. The molecule has 0 radical (unpaired) electrons. The van der Waals surface area contributed by atoms with Crippen LogP contribution >= 0.6 is 0 Å². The molecule has 2 aliphatic heterocycles. The van der Waals surface area contributed by atoms with Crippen LogP contribution in [-0.4, -0.2) is 26.2 Å². The molecular weight excluding hydrogens is 200 g/mol. The number of hydrogen-bond donors (Lipinski definition) is 1. The Balaban J connectivity index is 1.88. The average molecular weight is 218 g/mol. The zero-order chi connectivity index (χ0) is 10.8. The summed E-state index contributed by atoms with van der Waals surface area (Å²) in [6.45, 7) is 5.02. The zero-order valence-electron chi connectivity index (χ0n) is 9.54. The SMILES string of the molecule is c1cc2c(cc1N1CCCC1)OCCNC2. The number of benzene rings is 1. The molecule has 1 N–H and O–H groups in total. The summed E-state index contributed by atoms with van der Waals surface area (Å²) in [5.41, 5.74) is 2.60. The summed E-state index contributed by atoms with van der Waals surface area (Å²) in [7, 11) is 0. The third kappa shape index (κ3) is 1.87. The second-order valence-electron chi connectivity index (χ2n) is 4.51. The first kappa shape index (κ1) is 9.97. The van der Waals surface area contributed by atoms with Crippen LogP contribution in [0.25, 0.3) is 0 Å². The van der Waals surface area contributed by atoms with E-state index in [1.807, 2.05) is 0 Å². The van der Waals surface area contributed by atoms with Crippen LogP contribution < -0.4 is 15.0 Å². The van der Waals surface area contributed by atoms with Gasteiger partial charge in [-0.1, -0.05) is 6.07 Å². The monoisotopic (exact) mass is 218 g/mol. The van der Waals surface area contributed by atoms with Crippen molar-refractivity contribution < 1.29 is 4.74 Å². The third-order valence-corrected chi connectivity index (χ3v) is 3.37. The molecule has 2 aliphatic rings. The Kier molecular flexibility index (Phi) is 2.70. The van der Waals surface area contributed by atoms with Crippen LogP contribution in [0, 0.1) is 0 Å². The molecule has 0 saturated carbocycles. The summed E-state index contributed by atoms with van der Waals surface area (Å²) in [5.74, 6) is 1.06. The van der Waals surface area contributed by atoms with Gasteiger partial charge in [-0.3, -0.25) is 0 Å². The summed E-state index contributed by atoms with van der Waals surface area (Å²) in [6, 6.07) is 6.62. The summed E-state index contributed by atoms with van der Waals surface area (Å²) >= 11 is 0. The predicted octanol–water partition coefficient (Wildman–Crippen LogP) is 1.77. The van der Waals surface area contributed by atoms with Crippen LogP contribution in [-0.2, 0) is 6.54 Å². The minimum Gasteiger partial charge on any atom is -0.492 e. The zero-order valence-corrected chi connectivity index (χ0v) is 9.54. The Morgan fingerprint density at radius 3 is 2.94 bits per heavy atom. The highest BCUT2D eigenvalue weighted by molar-refractivity contribution is 5.54. The Morgan fingerprint density at radius 1 is 1.19 bits per heavy atom. The molecule has 1 aromatic rings. The Bertz CT molecular complexity index is 372. The fourth-order valence-corrected chi connectivity index (χ4v) is 2.45. The largest absolute Gasteiger partial charge is 0.492 e. The van der Waals surface area contributed by atoms with E-state index in [9.17, 15) is 0 Å². The maximum atomic E-state index is 5.76. The van der Waals surface area contributed by atoms with Crippen molar-refractivity contribution in [2.75, 3.05) is 31.1 Å². The lowest BCUT2D eigenvalue weighted by Gasteiger charge is -2.19. The second kappa shape index (κ2) is 4.34. The molecule has 1 fully saturated rings. The molecular formula is C13H18N2O. The standard InChI is InChI=1S/C13H18N2O/c1-2-7-15(6-1)12-4-3-11-10-14-5-8-16-13(11)9-12/h3-4,9,14H,1-2,5-8,10H2. The molecule has 1 saturated heterocycles. The van der Waals surface area contributed by atoms with E-state index in [4.69, 9.17) is 4.74 Å². The first-order valence-corrected chi connectivity index (χ1v) is 6.15. The Labute approximate surface area is 96.4 Å². The van der Waals surface area contributed by atoms with E-state index in [2.05, 4.69) is 28.4 Å². The maximum absolute atomic E-state index is 5.76. The molecule has 86 valence electrons. The molecule has 16 heavy (non-hydrogen) atoms. The summed E-state index contributed by atoms with van der Waals surface area (Å²) < 4.78 is 5.76. The molecule has 3 heteroatoms. The molecule has 2 heterocycles. The van der Waals surface area contributed by atoms with Crippen LogP contribution in [0.1, 0.15) is 18.4 Å². The van der Waals surface area contributed by atoms with Gasteiger partial charge in [-0.25, -0.2) is 0 Å². The van der Waals surface area contributed by atoms with Crippen molar-refractivity contribution in [1.29, 1.82) is 0 Å². The van der Waals surface area contributed by atoms with Crippen molar-refractivity contribution in [3.8, 4) is 5.75 Å². The number of ether oxygens (including phenoxy) is 1. The lowest BCUT2D eigenvalue weighted by Crippen LogP contribution is -2.17.